The Kier molecular flexibility index (Phi) is 4.77. The summed E-state index contributed by atoms with van der Waals surface area (Å²) in [6.45, 7) is 7.88. The van der Waals surface area contributed by atoms with Crippen LogP contribution in [0, 0.1) is 6.92 Å². The lowest BCUT2D eigenvalue weighted by Gasteiger charge is -2.43. The predicted octanol–water partition coefficient (Wildman–Crippen LogP) is 2.09. The summed E-state index contributed by atoms with van der Waals surface area (Å²) < 4.78 is 11.1. The smallest absolute Gasteiger partial charge is 0.408 e. The molecule has 144 valence electrons. The fraction of sp³-hybridized carbons (Fsp3) is 0.833. The third-order valence-corrected chi connectivity index (χ3v) is 6.28. The quantitative estimate of drug-likeness (QED) is 0.880. The molecule has 2 atom stereocenters. The molecule has 2 unspecified atom stereocenters. The van der Waals surface area contributed by atoms with Gasteiger partial charge in [-0.3, -0.25) is 0 Å². The zero-order valence-corrected chi connectivity index (χ0v) is 15.7. The Morgan fingerprint density at radius 2 is 2.04 bits per heavy atom. The van der Waals surface area contributed by atoms with Gasteiger partial charge >= 0.3 is 12.1 Å². The molecule has 3 fully saturated rings. The molecule has 0 radical (unpaired) electrons. The Bertz CT molecular complexity index is 641. The van der Waals surface area contributed by atoms with E-state index in [0.717, 1.165) is 58.3 Å². The van der Waals surface area contributed by atoms with Gasteiger partial charge in [0.2, 0.25) is 0 Å². The zero-order chi connectivity index (χ0) is 18.1. The number of nitrogens with one attached hydrogen (secondary N) is 1. The van der Waals surface area contributed by atoms with Gasteiger partial charge in [0.25, 0.3) is 0 Å². The molecule has 1 spiro atoms. The Balaban J connectivity index is 1.34. The highest BCUT2D eigenvalue weighted by molar-refractivity contribution is 5.71. The van der Waals surface area contributed by atoms with Crippen LogP contribution in [0.2, 0.25) is 0 Å². The molecule has 4 rings (SSSR count). The number of hydrogen-bond acceptors (Lipinski definition) is 7. The zero-order valence-electron chi connectivity index (χ0n) is 15.7. The van der Waals surface area contributed by atoms with Crippen LogP contribution in [0.5, 0.6) is 0 Å². The van der Waals surface area contributed by atoms with Crippen LogP contribution in [0.15, 0.2) is 4.52 Å². The van der Waals surface area contributed by atoms with Crippen LogP contribution in [0.3, 0.4) is 0 Å². The molecule has 0 bridgehead atoms. The van der Waals surface area contributed by atoms with Crippen molar-refractivity contribution in [2.24, 2.45) is 0 Å². The first-order chi connectivity index (χ1) is 12.6. The SMILES string of the molecule is CCC1NC(=O)OC12CCN(C1CCCN(c3nc(C)no3)CC1)CC2. The van der Waals surface area contributed by atoms with E-state index in [1.165, 1.54) is 6.42 Å². The van der Waals surface area contributed by atoms with E-state index in [9.17, 15) is 4.79 Å². The number of nitrogens with zero attached hydrogens (tertiary/aromatic N) is 4. The van der Waals surface area contributed by atoms with Gasteiger partial charge < -0.3 is 24.4 Å². The molecule has 0 saturated carbocycles. The molecule has 1 amide bonds. The number of carbonyl (C=O) groups excluding carboxylic acids is 1. The van der Waals surface area contributed by atoms with Gasteiger partial charge in [-0.05, 0) is 32.6 Å². The molecule has 26 heavy (non-hydrogen) atoms. The first kappa shape index (κ1) is 17.6. The number of piperidine rings is 1. The summed E-state index contributed by atoms with van der Waals surface area (Å²) in [6.07, 6.45) is 5.94. The number of anilines is 1. The molecule has 4 heterocycles. The number of likely N-dealkylation sites (tertiary alicyclic amines) is 1. The third-order valence-electron chi connectivity index (χ3n) is 6.28. The standard InChI is InChI=1S/C18H29N5O3/c1-3-15-18(25-17(24)20-15)7-11-22(12-8-18)14-5-4-9-23(10-6-14)16-19-13(2)21-26-16/h14-15H,3-12H2,1-2H3,(H,20,24). The van der Waals surface area contributed by atoms with Crippen molar-refractivity contribution in [2.75, 3.05) is 31.1 Å². The summed E-state index contributed by atoms with van der Waals surface area (Å²) in [5.74, 6) is 0.687. The summed E-state index contributed by atoms with van der Waals surface area (Å²) in [6, 6.07) is 1.38. The molecule has 3 saturated heterocycles. The topological polar surface area (TPSA) is 83.7 Å². The lowest BCUT2D eigenvalue weighted by molar-refractivity contribution is -0.0295. The highest BCUT2D eigenvalue weighted by Crippen LogP contribution is 2.36. The van der Waals surface area contributed by atoms with Crippen molar-refractivity contribution in [1.29, 1.82) is 0 Å². The Morgan fingerprint density at radius 3 is 2.73 bits per heavy atom. The number of hydrogen-bond donors (Lipinski definition) is 1. The maximum atomic E-state index is 11.7. The second-order valence-corrected chi connectivity index (χ2v) is 7.79. The molecular formula is C18H29N5O3. The van der Waals surface area contributed by atoms with E-state index in [1.807, 2.05) is 6.92 Å². The van der Waals surface area contributed by atoms with Crippen LogP contribution in [-0.4, -0.2) is 65.0 Å². The van der Waals surface area contributed by atoms with Crippen LogP contribution in [0.4, 0.5) is 10.8 Å². The van der Waals surface area contributed by atoms with E-state index >= 15 is 0 Å². The molecule has 8 nitrogen and oxygen atoms in total. The molecule has 1 aromatic heterocycles. The summed E-state index contributed by atoms with van der Waals surface area (Å²) in [4.78, 5) is 20.9. The van der Waals surface area contributed by atoms with Gasteiger partial charge in [-0.2, -0.15) is 4.98 Å². The van der Waals surface area contributed by atoms with Crippen molar-refractivity contribution >= 4 is 12.1 Å². The predicted molar refractivity (Wildman–Crippen MR) is 96.1 cm³/mol. The maximum absolute atomic E-state index is 11.7. The minimum absolute atomic E-state index is 0.155. The summed E-state index contributed by atoms with van der Waals surface area (Å²) in [5, 5.41) is 6.89. The van der Waals surface area contributed by atoms with Crippen LogP contribution in [0.25, 0.3) is 0 Å². The average Bonchev–Trinajstić information content (AvgIpc) is 3.09. The van der Waals surface area contributed by atoms with Crippen molar-refractivity contribution in [3.8, 4) is 0 Å². The third kappa shape index (κ3) is 3.26. The summed E-state index contributed by atoms with van der Waals surface area (Å²) in [5.41, 5.74) is -0.291. The Labute approximate surface area is 154 Å². The molecular weight excluding hydrogens is 334 g/mol. The van der Waals surface area contributed by atoms with E-state index in [0.29, 0.717) is 17.9 Å². The van der Waals surface area contributed by atoms with E-state index in [1.54, 1.807) is 0 Å². The minimum Gasteiger partial charge on any atom is -0.441 e. The van der Waals surface area contributed by atoms with Crippen LogP contribution in [-0.2, 0) is 4.74 Å². The lowest BCUT2D eigenvalue weighted by atomic mass is 9.83. The van der Waals surface area contributed by atoms with Crippen molar-refractivity contribution in [2.45, 2.75) is 70.1 Å². The highest BCUT2D eigenvalue weighted by Gasteiger charge is 2.50. The number of alkyl carbamates (subject to hydrolysis) is 1. The molecule has 0 aromatic carbocycles. The first-order valence-electron chi connectivity index (χ1n) is 9.88. The normalized spacial score (nSPS) is 29.5. The number of ether oxygens (including phenoxy) is 1. The molecule has 1 N–H and O–H groups in total. The van der Waals surface area contributed by atoms with E-state index < -0.39 is 0 Å². The molecule has 8 heteroatoms. The molecule has 1 aromatic rings. The average molecular weight is 363 g/mol. The van der Waals surface area contributed by atoms with E-state index in [4.69, 9.17) is 9.26 Å². The van der Waals surface area contributed by atoms with Gasteiger partial charge in [0.15, 0.2) is 5.82 Å². The highest BCUT2D eigenvalue weighted by atomic mass is 16.6. The van der Waals surface area contributed by atoms with E-state index in [2.05, 4.69) is 32.2 Å². The van der Waals surface area contributed by atoms with Crippen molar-refractivity contribution in [1.82, 2.24) is 20.4 Å². The first-order valence-corrected chi connectivity index (χ1v) is 9.88. The minimum atomic E-state index is -0.291. The number of aromatic nitrogens is 2. The fourth-order valence-electron chi connectivity index (χ4n) is 4.80. The van der Waals surface area contributed by atoms with Gasteiger partial charge in [0.1, 0.15) is 5.60 Å². The van der Waals surface area contributed by atoms with Gasteiger partial charge in [-0.15, -0.1) is 0 Å². The molecule has 0 aliphatic carbocycles. The second-order valence-electron chi connectivity index (χ2n) is 7.79. The number of rotatable bonds is 3. The van der Waals surface area contributed by atoms with Crippen molar-refractivity contribution in [3.63, 3.8) is 0 Å². The number of aryl methyl sites for hydroxylation is 1. The monoisotopic (exact) mass is 363 g/mol. The van der Waals surface area contributed by atoms with Gasteiger partial charge in [0.05, 0.1) is 6.04 Å². The molecule has 3 aliphatic heterocycles. The fourth-order valence-corrected chi connectivity index (χ4v) is 4.80. The number of amides is 1. The largest absolute Gasteiger partial charge is 0.441 e. The Hall–Kier alpha value is -1.83. The van der Waals surface area contributed by atoms with Crippen LogP contribution >= 0.6 is 0 Å². The number of carbonyl (C=O) groups is 1. The maximum Gasteiger partial charge on any atom is 0.408 e. The lowest BCUT2D eigenvalue weighted by Crippen LogP contribution is -2.53. The van der Waals surface area contributed by atoms with Gasteiger partial charge in [-0.25, -0.2) is 4.79 Å². The second kappa shape index (κ2) is 7.06. The van der Waals surface area contributed by atoms with Crippen molar-refractivity contribution in [3.05, 3.63) is 5.82 Å². The Morgan fingerprint density at radius 1 is 1.23 bits per heavy atom. The van der Waals surface area contributed by atoms with Crippen LogP contribution in [0.1, 0.15) is 51.3 Å². The van der Waals surface area contributed by atoms with E-state index in [-0.39, 0.29) is 17.7 Å². The van der Waals surface area contributed by atoms with Gasteiger partial charge in [-0.1, -0.05) is 12.1 Å². The summed E-state index contributed by atoms with van der Waals surface area (Å²) >= 11 is 0. The van der Waals surface area contributed by atoms with Crippen LogP contribution < -0.4 is 10.2 Å². The molecule has 3 aliphatic rings. The van der Waals surface area contributed by atoms with Crippen molar-refractivity contribution < 1.29 is 14.1 Å². The summed E-state index contributed by atoms with van der Waals surface area (Å²) in [7, 11) is 0. The van der Waals surface area contributed by atoms with Gasteiger partial charge in [0, 0.05) is 45.1 Å².